The molecule has 14 heavy (non-hydrogen) atoms. The van der Waals surface area contributed by atoms with Gasteiger partial charge in [0.2, 0.25) is 0 Å². The summed E-state index contributed by atoms with van der Waals surface area (Å²) in [6.45, 7) is 6.17. The first-order valence-corrected chi connectivity index (χ1v) is 6.23. The van der Waals surface area contributed by atoms with Crippen molar-refractivity contribution < 1.29 is 0 Å². The first kappa shape index (κ1) is 12.0. The van der Waals surface area contributed by atoms with Crippen LogP contribution in [-0.2, 0) is 0 Å². The van der Waals surface area contributed by atoms with E-state index in [2.05, 4.69) is 17.1 Å². The molecular weight excluding hydrogens is 172 g/mol. The van der Waals surface area contributed by atoms with Gasteiger partial charge in [0, 0.05) is 6.04 Å². The van der Waals surface area contributed by atoms with Gasteiger partial charge >= 0.3 is 0 Å². The van der Waals surface area contributed by atoms with E-state index < -0.39 is 0 Å². The van der Waals surface area contributed by atoms with Crippen molar-refractivity contribution in [3.8, 4) is 0 Å². The first-order valence-electron chi connectivity index (χ1n) is 6.23. The van der Waals surface area contributed by atoms with E-state index in [-0.39, 0.29) is 0 Å². The van der Waals surface area contributed by atoms with E-state index in [1.54, 1.807) is 0 Å². The summed E-state index contributed by atoms with van der Waals surface area (Å²) in [6.07, 6.45) is 8.44. The number of hydrogen-bond donors (Lipinski definition) is 1. The Hall–Kier alpha value is -0.0800. The van der Waals surface area contributed by atoms with Crippen LogP contribution >= 0.6 is 0 Å². The molecule has 1 saturated heterocycles. The number of hydrogen-bond acceptors (Lipinski definition) is 2. The highest BCUT2D eigenvalue weighted by Crippen LogP contribution is 2.13. The van der Waals surface area contributed by atoms with E-state index in [1.807, 2.05) is 7.05 Å². The van der Waals surface area contributed by atoms with Crippen LogP contribution in [0.5, 0.6) is 0 Å². The van der Waals surface area contributed by atoms with Crippen molar-refractivity contribution >= 4 is 0 Å². The molecule has 0 aromatic heterocycles. The summed E-state index contributed by atoms with van der Waals surface area (Å²) in [7, 11) is 2.04. The van der Waals surface area contributed by atoms with Crippen molar-refractivity contribution in [2.75, 3.05) is 26.7 Å². The van der Waals surface area contributed by atoms with Crippen LogP contribution < -0.4 is 5.32 Å². The molecule has 0 aromatic carbocycles. The van der Waals surface area contributed by atoms with Gasteiger partial charge in [-0.3, -0.25) is 0 Å². The fraction of sp³-hybridized carbons (Fsp3) is 1.00. The molecule has 0 aromatic rings. The molecule has 0 saturated carbocycles. The second-order valence-electron chi connectivity index (χ2n) is 4.54. The van der Waals surface area contributed by atoms with Gasteiger partial charge in [0.1, 0.15) is 0 Å². The molecule has 0 bridgehead atoms. The molecular formula is C12H26N2. The Labute approximate surface area is 89.1 Å². The van der Waals surface area contributed by atoms with Gasteiger partial charge in [0.25, 0.3) is 0 Å². The Kier molecular flexibility index (Phi) is 6.20. The molecule has 1 unspecified atom stereocenters. The van der Waals surface area contributed by atoms with Crippen molar-refractivity contribution in [1.82, 2.24) is 10.2 Å². The van der Waals surface area contributed by atoms with Gasteiger partial charge in [-0.25, -0.2) is 0 Å². The van der Waals surface area contributed by atoms with Gasteiger partial charge in [-0.05, 0) is 52.9 Å². The predicted molar refractivity (Wildman–Crippen MR) is 62.7 cm³/mol. The third-order valence-electron chi connectivity index (χ3n) is 3.33. The van der Waals surface area contributed by atoms with Gasteiger partial charge in [-0.2, -0.15) is 0 Å². The van der Waals surface area contributed by atoms with Crippen LogP contribution in [-0.4, -0.2) is 37.6 Å². The first-order chi connectivity index (χ1) is 6.84. The Morgan fingerprint density at radius 1 is 1.07 bits per heavy atom. The fourth-order valence-electron chi connectivity index (χ4n) is 2.25. The molecule has 1 atom stereocenters. The van der Waals surface area contributed by atoms with Crippen LogP contribution in [0, 0.1) is 0 Å². The summed E-state index contributed by atoms with van der Waals surface area (Å²) in [6, 6.07) is 0.764. The van der Waals surface area contributed by atoms with Crippen LogP contribution in [0.3, 0.4) is 0 Å². The topological polar surface area (TPSA) is 15.3 Å². The zero-order valence-electron chi connectivity index (χ0n) is 9.89. The Bertz CT molecular complexity index is 128. The minimum Gasteiger partial charge on any atom is -0.320 e. The van der Waals surface area contributed by atoms with Gasteiger partial charge < -0.3 is 10.2 Å². The maximum atomic E-state index is 3.24. The quantitative estimate of drug-likeness (QED) is 0.745. The number of nitrogens with one attached hydrogen (secondary N) is 1. The third-order valence-corrected chi connectivity index (χ3v) is 3.33. The maximum Gasteiger partial charge on any atom is 0.00790 e. The van der Waals surface area contributed by atoms with Gasteiger partial charge in [0.15, 0.2) is 0 Å². The molecule has 1 aliphatic heterocycles. The van der Waals surface area contributed by atoms with Gasteiger partial charge in [-0.1, -0.05) is 19.3 Å². The van der Waals surface area contributed by atoms with Crippen LogP contribution in [0.1, 0.15) is 45.4 Å². The van der Waals surface area contributed by atoms with Crippen LogP contribution in [0.2, 0.25) is 0 Å². The van der Waals surface area contributed by atoms with Crippen LogP contribution in [0.15, 0.2) is 0 Å². The van der Waals surface area contributed by atoms with E-state index >= 15 is 0 Å². The minimum atomic E-state index is 0.764. The Balaban J connectivity index is 2.23. The van der Waals surface area contributed by atoms with Crippen molar-refractivity contribution in [2.24, 2.45) is 0 Å². The second-order valence-corrected chi connectivity index (χ2v) is 4.54. The van der Waals surface area contributed by atoms with Crippen molar-refractivity contribution in [2.45, 2.75) is 51.5 Å². The summed E-state index contributed by atoms with van der Waals surface area (Å²) in [5.41, 5.74) is 0. The monoisotopic (exact) mass is 198 g/mol. The molecule has 0 amide bonds. The lowest BCUT2D eigenvalue weighted by molar-refractivity contribution is 0.182. The molecule has 1 heterocycles. The summed E-state index contributed by atoms with van der Waals surface area (Å²) in [5.74, 6) is 0. The number of likely N-dealkylation sites (tertiary alicyclic amines) is 1. The lowest BCUT2D eigenvalue weighted by Crippen LogP contribution is -2.37. The summed E-state index contributed by atoms with van der Waals surface area (Å²) in [4.78, 5) is 2.68. The predicted octanol–water partition coefficient (Wildman–Crippen LogP) is 2.25. The molecule has 1 aliphatic rings. The standard InChI is InChI=1S/C12H26N2/c1-12(8-9-13-2)14-10-6-4-3-5-7-11-14/h12-13H,3-11H2,1-2H3. The minimum absolute atomic E-state index is 0.764. The second kappa shape index (κ2) is 7.24. The lowest BCUT2D eigenvalue weighted by atomic mass is 10.1. The largest absolute Gasteiger partial charge is 0.320 e. The molecule has 2 nitrogen and oxygen atoms in total. The van der Waals surface area contributed by atoms with E-state index in [0.29, 0.717) is 0 Å². The fourth-order valence-corrected chi connectivity index (χ4v) is 2.25. The Morgan fingerprint density at radius 2 is 1.64 bits per heavy atom. The van der Waals surface area contributed by atoms with E-state index in [1.165, 1.54) is 51.6 Å². The molecule has 1 fully saturated rings. The summed E-state index contributed by atoms with van der Waals surface area (Å²) < 4.78 is 0. The third kappa shape index (κ3) is 4.43. The maximum absolute atomic E-state index is 3.24. The molecule has 2 heteroatoms. The van der Waals surface area contributed by atoms with E-state index in [9.17, 15) is 0 Å². The van der Waals surface area contributed by atoms with Crippen molar-refractivity contribution in [3.05, 3.63) is 0 Å². The Morgan fingerprint density at radius 3 is 2.21 bits per heavy atom. The van der Waals surface area contributed by atoms with Crippen LogP contribution in [0.4, 0.5) is 0 Å². The highest BCUT2D eigenvalue weighted by Gasteiger charge is 2.13. The zero-order chi connectivity index (χ0) is 10.2. The van der Waals surface area contributed by atoms with Crippen molar-refractivity contribution in [1.29, 1.82) is 0 Å². The average Bonchev–Trinajstić information content (AvgIpc) is 2.13. The van der Waals surface area contributed by atoms with E-state index in [4.69, 9.17) is 0 Å². The van der Waals surface area contributed by atoms with Gasteiger partial charge in [-0.15, -0.1) is 0 Å². The molecule has 1 rings (SSSR count). The highest BCUT2D eigenvalue weighted by atomic mass is 15.1. The molecule has 84 valence electrons. The molecule has 1 N–H and O–H groups in total. The average molecular weight is 198 g/mol. The van der Waals surface area contributed by atoms with E-state index in [0.717, 1.165) is 12.6 Å². The normalized spacial score (nSPS) is 22.7. The lowest BCUT2D eigenvalue weighted by Gasteiger charge is -2.30. The summed E-state index contributed by atoms with van der Waals surface area (Å²) in [5, 5.41) is 3.24. The molecule has 0 spiro atoms. The summed E-state index contributed by atoms with van der Waals surface area (Å²) >= 11 is 0. The number of nitrogens with zero attached hydrogens (tertiary/aromatic N) is 1. The number of rotatable bonds is 4. The zero-order valence-corrected chi connectivity index (χ0v) is 9.89. The van der Waals surface area contributed by atoms with Crippen molar-refractivity contribution in [3.63, 3.8) is 0 Å². The van der Waals surface area contributed by atoms with Crippen LogP contribution in [0.25, 0.3) is 0 Å². The molecule has 0 aliphatic carbocycles. The molecule has 0 radical (unpaired) electrons. The SMILES string of the molecule is CNCCC(C)N1CCCCCCC1. The van der Waals surface area contributed by atoms with Gasteiger partial charge in [0.05, 0.1) is 0 Å². The highest BCUT2D eigenvalue weighted by molar-refractivity contribution is 4.70. The smallest absolute Gasteiger partial charge is 0.00790 e.